The highest BCUT2D eigenvalue weighted by Gasteiger charge is 2.21. The number of rotatable bonds is 6. The van der Waals surface area contributed by atoms with Crippen LogP contribution >= 0.6 is 0 Å². The average Bonchev–Trinajstić information content (AvgIpc) is 2.69. The lowest BCUT2D eigenvalue weighted by Gasteiger charge is -2.34. The third kappa shape index (κ3) is 4.81. The van der Waals surface area contributed by atoms with Gasteiger partial charge in [0.2, 0.25) is 0 Å². The number of carbonyl (C=O) groups excluding carboxylic acids is 1. The molecule has 1 amide bonds. The molecule has 5 heteroatoms. The van der Waals surface area contributed by atoms with Crippen molar-refractivity contribution in [3.8, 4) is 5.75 Å². The van der Waals surface area contributed by atoms with E-state index in [1.807, 2.05) is 59.5 Å². The van der Waals surface area contributed by atoms with Crippen LogP contribution in [0.15, 0.2) is 54.6 Å². The van der Waals surface area contributed by atoms with E-state index in [9.17, 15) is 4.79 Å². The van der Waals surface area contributed by atoms with Crippen molar-refractivity contribution >= 4 is 5.91 Å². The van der Waals surface area contributed by atoms with E-state index in [2.05, 4.69) is 4.90 Å². The normalized spacial score (nSPS) is 15.2. The largest absolute Gasteiger partial charge is 0.492 e. The number of hydrogen-bond donors (Lipinski definition) is 1. The van der Waals surface area contributed by atoms with Crippen molar-refractivity contribution in [2.24, 2.45) is 5.73 Å². The third-order valence-corrected chi connectivity index (χ3v) is 4.52. The maximum atomic E-state index is 12.6. The molecular formula is C20H25N3O2. The lowest BCUT2D eigenvalue weighted by atomic mass is 10.1. The third-order valence-electron chi connectivity index (χ3n) is 4.52. The van der Waals surface area contributed by atoms with Crippen molar-refractivity contribution in [2.75, 3.05) is 39.3 Å². The number of nitrogens with two attached hydrogens (primary N) is 1. The predicted octanol–water partition coefficient (Wildman–Crippen LogP) is 1.98. The fraction of sp³-hybridized carbons (Fsp3) is 0.350. The Morgan fingerprint density at radius 2 is 1.64 bits per heavy atom. The molecule has 0 spiro atoms. The molecule has 0 saturated carbocycles. The molecule has 1 heterocycles. The smallest absolute Gasteiger partial charge is 0.253 e. The number of carbonyl (C=O) groups is 1. The monoisotopic (exact) mass is 339 g/mol. The Bertz CT molecular complexity index is 665. The van der Waals surface area contributed by atoms with Crippen LogP contribution in [-0.4, -0.2) is 55.0 Å². The standard InChI is InChI=1S/C20H25N3O2/c21-16-17-6-8-18(9-7-17)20(24)23-12-10-22(11-13-23)14-15-25-19-4-2-1-3-5-19/h1-9H,10-16,21H2. The highest BCUT2D eigenvalue weighted by atomic mass is 16.5. The summed E-state index contributed by atoms with van der Waals surface area (Å²) in [5.41, 5.74) is 7.38. The molecule has 2 aromatic rings. The Morgan fingerprint density at radius 3 is 2.28 bits per heavy atom. The van der Waals surface area contributed by atoms with E-state index in [4.69, 9.17) is 10.5 Å². The Morgan fingerprint density at radius 1 is 0.960 bits per heavy atom. The highest BCUT2D eigenvalue weighted by Crippen LogP contribution is 2.11. The number of para-hydroxylation sites is 1. The van der Waals surface area contributed by atoms with Gasteiger partial charge >= 0.3 is 0 Å². The van der Waals surface area contributed by atoms with Crippen LogP contribution < -0.4 is 10.5 Å². The molecule has 132 valence electrons. The fourth-order valence-electron chi connectivity index (χ4n) is 2.95. The number of benzene rings is 2. The molecule has 1 aliphatic rings. The van der Waals surface area contributed by atoms with Crippen LogP contribution in [0.1, 0.15) is 15.9 Å². The summed E-state index contributed by atoms with van der Waals surface area (Å²) in [6.45, 7) is 5.31. The van der Waals surface area contributed by atoms with Gasteiger partial charge in [0.1, 0.15) is 12.4 Å². The van der Waals surface area contributed by atoms with Crippen molar-refractivity contribution in [3.63, 3.8) is 0 Å². The molecule has 0 atom stereocenters. The van der Waals surface area contributed by atoms with Crippen molar-refractivity contribution in [3.05, 3.63) is 65.7 Å². The van der Waals surface area contributed by atoms with Crippen molar-refractivity contribution in [2.45, 2.75) is 6.54 Å². The molecule has 1 fully saturated rings. The molecule has 2 aromatic carbocycles. The fourth-order valence-corrected chi connectivity index (χ4v) is 2.95. The SMILES string of the molecule is NCc1ccc(C(=O)N2CCN(CCOc3ccccc3)CC2)cc1. The molecule has 25 heavy (non-hydrogen) atoms. The Hall–Kier alpha value is -2.37. The quantitative estimate of drug-likeness (QED) is 0.874. The minimum atomic E-state index is 0.101. The van der Waals surface area contributed by atoms with Gasteiger partial charge in [-0.3, -0.25) is 9.69 Å². The Balaban J connectivity index is 1.42. The van der Waals surface area contributed by atoms with Gasteiger partial charge in [0.15, 0.2) is 0 Å². The number of nitrogens with zero attached hydrogens (tertiary/aromatic N) is 2. The summed E-state index contributed by atoms with van der Waals surface area (Å²) < 4.78 is 5.74. The van der Waals surface area contributed by atoms with Crippen molar-refractivity contribution in [1.82, 2.24) is 9.80 Å². The first-order valence-corrected chi connectivity index (χ1v) is 8.75. The topological polar surface area (TPSA) is 58.8 Å². The molecule has 0 aromatic heterocycles. The minimum absolute atomic E-state index is 0.101. The first kappa shape index (κ1) is 17.5. The highest BCUT2D eigenvalue weighted by molar-refractivity contribution is 5.94. The molecule has 1 aliphatic heterocycles. The van der Waals surface area contributed by atoms with Crippen LogP contribution in [0.2, 0.25) is 0 Å². The Labute approximate surface area is 149 Å². The van der Waals surface area contributed by atoms with Gasteiger partial charge in [-0.2, -0.15) is 0 Å². The van der Waals surface area contributed by atoms with Crippen LogP contribution in [-0.2, 0) is 6.54 Å². The van der Waals surface area contributed by atoms with Gasteiger partial charge in [0, 0.05) is 44.8 Å². The van der Waals surface area contributed by atoms with Gasteiger partial charge in [-0.15, -0.1) is 0 Å². The molecule has 2 N–H and O–H groups in total. The summed E-state index contributed by atoms with van der Waals surface area (Å²) in [5, 5.41) is 0. The van der Waals surface area contributed by atoms with Gasteiger partial charge in [-0.1, -0.05) is 30.3 Å². The average molecular weight is 339 g/mol. The van der Waals surface area contributed by atoms with Gasteiger partial charge in [-0.25, -0.2) is 0 Å². The van der Waals surface area contributed by atoms with Gasteiger partial charge < -0.3 is 15.4 Å². The zero-order valence-corrected chi connectivity index (χ0v) is 14.4. The first-order chi connectivity index (χ1) is 12.3. The van der Waals surface area contributed by atoms with Gasteiger partial charge in [0.25, 0.3) is 5.91 Å². The molecular weight excluding hydrogens is 314 g/mol. The van der Waals surface area contributed by atoms with E-state index < -0.39 is 0 Å². The lowest BCUT2D eigenvalue weighted by molar-refractivity contribution is 0.0620. The maximum absolute atomic E-state index is 12.6. The molecule has 0 unspecified atom stereocenters. The van der Waals surface area contributed by atoms with Gasteiger partial charge in [-0.05, 0) is 29.8 Å². The number of hydrogen-bond acceptors (Lipinski definition) is 4. The van der Waals surface area contributed by atoms with E-state index in [-0.39, 0.29) is 5.91 Å². The summed E-state index contributed by atoms with van der Waals surface area (Å²) >= 11 is 0. The molecule has 1 saturated heterocycles. The number of ether oxygens (including phenoxy) is 1. The lowest BCUT2D eigenvalue weighted by Crippen LogP contribution is -2.49. The van der Waals surface area contributed by atoms with Crippen LogP contribution in [0.5, 0.6) is 5.75 Å². The van der Waals surface area contributed by atoms with Crippen molar-refractivity contribution in [1.29, 1.82) is 0 Å². The van der Waals surface area contributed by atoms with Crippen LogP contribution in [0.3, 0.4) is 0 Å². The summed E-state index contributed by atoms with van der Waals surface area (Å²) in [7, 11) is 0. The molecule has 3 rings (SSSR count). The number of piperazine rings is 1. The van der Waals surface area contributed by atoms with Crippen LogP contribution in [0.4, 0.5) is 0 Å². The number of amides is 1. The van der Waals surface area contributed by atoms with E-state index >= 15 is 0 Å². The summed E-state index contributed by atoms with van der Waals surface area (Å²) in [5.74, 6) is 1.00. The van der Waals surface area contributed by atoms with Gasteiger partial charge in [0.05, 0.1) is 0 Å². The van der Waals surface area contributed by atoms with E-state index in [0.717, 1.165) is 49.6 Å². The first-order valence-electron chi connectivity index (χ1n) is 8.75. The molecule has 0 radical (unpaired) electrons. The molecule has 0 aliphatic carbocycles. The van der Waals surface area contributed by atoms with E-state index in [0.29, 0.717) is 13.2 Å². The maximum Gasteiger partial charge on any atom is 0.253 e. The second-order valence-corrected chi connectivity index (χ2v) is 6.20. The zero-order chi connectivity index (χ0) is 17.5. The summed E-state index contributed by atoms with van der Waals surface area (Å²) in [6, 6.07) is 17.4. The zero-order valence-electron chi connectivity index (χ0n) is 14.4. The summed E-state index contributed by atoms with van der Waals surface area (Å²) in [6.07, 6.45) is 0. The van der Waals surface area contributed by atoms with E-state index in [1.54, 1.807) is 0 Å². The minimum Gasteiger partial charge on any atom is -0.492 e. The van der Waals surface area contributed by atoms with E-state index in [1.165, 1.54) is 0 Å². The van der Waals surface area contributed by atoms with Crippen LogP contribution in [0, 0.1) is 0 Å². The van der Waals surface area contributed by atoms with Crippen molar-refractivity contribution < 1.29 is 9.53 Å². The molecule has 0 bridgehead atoms. The second kappa shape index (κ2) is 8.65. The molecule has 5 nitrogen and oxygen atoms in total. The van der Waals surface area contributed by atoms with Crippen LogP contribution in [0.25, 0.3) is 0 Å². The Kier molecular flexibility index (Phi) is 6.04. The second-order valence-electron chi connectivity index (χ2n) is 6.20. The predicted molar refractivity (Wildman–Crippen MR) is 98.6 cm³/mol. The summed E-state index contributed by atoms with van der Waals surface area (Å²) in [4.78, 5) is 16.8.